The molecular weight excluding hydrogens is 463 g/mol. The molecule has 0 bridgehead atoms. The molecule has 0 spiro atoms. The van der Waals surface area contributed by atoms with E-state index >= 15 is 0 Å². The van der Waals surface area contributed by atoms with Crippen LogP contribution in [0.1, 0.15) is 23.2 Å². The van der Waals surface area contributed by atoms with Gasteiger partial charge in [-0.3, -0.25) is 9.59 Å². The van der Waals surface area contributed by atoms with Crippen molar-refractivity contribution in [2.24, 2.45) is 0 Å². The Balaban J connectivity index is 1.53. The van der Waals surface area contributed by atoms with E-state index in [4.69, 9.17) is 0 Å². The van der Waals surface area contributed by atoms with Crippen molar-refractivity contribution in [2.75, 3.05) is 30.4 Å². The predicted molar refractivity (Wildman–Crippen MR) is 136 cm³/mol. The molecule has 1 fully saturated rings. The molecule has 4 heterocycles. The minimum atomic E-state index is -0.542. The second-order valence-electron chi connectivity index (χ2n) is 8.64. The van der Waals surface area contributed by atoms with E-state index in [1.54, 1.807) is 24.4 Å². The highest BCUT2D eigenvalue weighted by Gasteiger charge is 2.18. The monoisotopic (exact) mass is 488 g/mol. The molecule has 9 nitrogen and oxygen atoms in total. The van der Waals surface area contributed by atoms with Crippen molar-refractivity contribution in [1.29, 1.82) is 0 Å². The van der Waals surface area contributed by atoms with Crippen LogP contribution in [0.2, 0.25) is 0 Å². The summed E-state index contributed by atoms with van der Waals surface area (Å²) in [5.41, 5.74) is 2.06. The van der Waals surface area contributed by atoms with Crippen molar-refractivity contribution in [2.45, 2.75) is 18.9 Å². The number of pyridine rings is 3. The SMILES string of the molecule is CNC(=O)c1ccc(F)c(-c2cc(Nc3ccc(N4CCC(O)CC4)cn3)c3c(=O)[nH]ccc3n2)c1. The van der Waals surface area contributed by atoms with E-state index in [9.17, 15) is 19.1 Å². The fourth-order valence-electron chi connectivity index (χ4n) is 4.35. The molecule has 1 aliphatic heterocycles. The number of nitrogens with one attached hydrogen (secondary N) is 3. The highest BCUT2D eigenvalue weighted by molar-refractivity contribution is 5.97. The summed E-state index contributed by atoms with van der Waals surface area (Å²) in [7, 11) is 1.50. The maximum Gasteiger partial charge on any atom is 0.259 e. The Kier molecular flexibility index (Phi) is 6.34. The summed E-state index contributed by atoms with van der Waals surface area (Å²) < 4.78 is 14.8. The molecule has 1 saturated heterocycles. The summed E-state index contributed by atoms with van der Waals surface area (Å²) in [5.74, 6) is -0.393. The minimum Gasteiger partial charge on any atom is -0.393 e. The predicted octanol–water partition coefficient (Wildman–Crippen LogP) is 3.19. The molecule has 1 aromatic carbocycles. The molecule has 0 unspecified atom stereocenters. The zero-order valence-electron chi connectivity index (χ0n) is 19.6. The lowest BCUT2D eigenvalue weighted by molar-refractivity contribution is 0.0963. The van der Waals surface area contributed by atoms with E-state index in [2.05, 4.69) is 30.5 Å². The second-order valence-corrected chi connectivity index (χ2v) is 8.64. The van der Waals surface area contributed by atoms with Crippen molar-refractivity contribution in [3.63, 3.8) is 0 Å². The van der Waals surface area contributed by atoms with Gasteiger partial charge in [0, 0.05) is 37.5 Å². The van der Waals surface area contributed by atoms with Crippen molar-refractivity contribution in [3.8, 4) is 11.3 Å². The summed E-state index contributed by atoms with van der Waals surface area (Å²) in [6.45, 7) is 1.51. The lowest BCUT2D eigenvalue weighted by Crippen LogP contribution is -2.35. The molecule has 4 aromatic rings. The van der Waals surface area contributed by atoms with Crippen LogP contribution in [0, 0.1) is 5.82 Å². The molecule has 5 rings (SSSR count). The molecular formula is C26H25FN6O3. The Labute approximate surface area is 206 Å². The molecule has 10 heteroatoms. The molecule has 36 heavy (non-hydrogen) atoms. The number of aliphatic hydroxyl groups is 1. The van der Waals surface area contributed by atoms with Gasteiger partial charge in [0.1, 0.15) is 11.6 Å². The number of halogens is 1. The largest absolute Gasteiger partial charge is 0.393 e. The van der Waals surface area contributed by atoms with Crippen LogP contribution in [0.5, 0.6) is 0 Å². The fraction of sp³-hybridized carbons (Fsp3) is 0.231. The Morgan fingerprint density at radius 1 is 1.17 bits per heavy atom. The van der Waals surface area contributed by atoms with E-state index in [1.807, 2.05) is 6.07 Å². The number of fused-ring (bicyclic) bond motifs is 1. The van der Waals surface area contributed by atoms with Crippen LogP contribution in [0.25, 0.3) is 22.2 Å². The van der Waals surface area contributed by atoms with Gasteiger partial charge in [-0.15, -0.1) is 0 Å². The van der Waals surface area contributed by atoms with E-state index < -0.39 is 5.82 Å². The van der Waals surface area contributed by atoms with Crippen LogP contribution >= 0.6 is 0 Å². The van der Waals surface area contributed by atoms with E-state index in [-0.39, 0.29) is 28.8 Å². The molecule has 1 amide bonds. The summed E-state index contributed by atoms with van der Waals surface area (Å²) in [6, 6.07) is 11.0. The highest BCUT2D eigenvalue weighted by atomic mass is 19.1. The van der Waals surface area contributed by atoms with Gasteiger partial charge in [0.05, 0.1) is 40.3 Å². The number of aromatic amines is 1. The molecule has 184 valence electrons. The standard InChI is InChI=1S/C26H25FN6O3/c1-28-25(35)15-2-4-19(27)18(12-15)21-13-22(24-20(31-21)6-9-29-26(24)36)32-23-5-3-16(14-30-23)33-10-7-17(34)8-11-33/h2-6,9,12-14,17,34H,7-8,10-11H2,1H3,(H,28,35)(H,29,36)(H,30,31,32). The number of aliphatic hydroxyl groups excluding tert-OH is 1. The maximum atomic E-state index is 14.8. The number of hydrogen-bond acceptors (Lipinski definition) is 7. The zero-order valence-corrected chi connectivity index (χ0v) is 19.6. The molecule has 0 saturated carbocycles. The molecule has 4 N–H and O–H groups in total. The van der Waals surface area contributed by atoms with Gasteiger partial charge < -0.3 is 25.6 Å². The molecule has 0 atom stereocenters. The first-order chi connectivity index (χ1) is 17.4. The first kappa shape index (κ1) is 23.4. The smallest absolute Gasteiger partial charge is 0.259 e. The van der Waals surface area contributed by atoms with Gasteiger partial charge in [-0.1, -0.05) is 0 Å². The highest BCUT2D eigenvalue weighted by Crippen LogP contribution is 2.30. The van der Waals surface area contributed by atoms with E-state index in [0.717, 1.165) is 18.8 Å². The Hall–Kier alpha value is -4.31. The van der Waals surface area contributed by atoms with Crippen molar-refractivity contribution >= 4 is 34.0 Å². The van der Waals surface area contributed by atoms with Gasteiger partial charge in [0.2, 0.25) is 0 Å². The minimum absolute atomic E-state index is 0.136. The van der Waals surface area contributed by atoms with Crippen molar-refractivity contribution in [1.82, 2.24) is 20.3 Å². The van der Waals surface area contributed by atoms with Crippen LogP contribution in [-0.2, 0) is 0 Å². The van der Waals surface area contributed by atoms with E-state index in [0.29, 0.717) is 40.8 Å². The van der Waals surface area contributed by atoms with Gasteiger partial charge in [-0.05, 0) is 55.3 Å². The van der Waals surface area contributed by atoms with Gasteiger partial charge in [-0.2, -0.15) is 0 Å². The molecule has 0 radical (unpaired) electrons. The number of carbonyl (C=O) groups excluding carboxylic acids is 1. The quantitative estimate of drug-likeness (QED) is 0.340. The van der Waals surface area contributed by atoms with Crippen LogP contribution < -0.4 is 21.1 Å². The van der Waals surface area contributed by atoms with Crippen LogP contribution in [0.15, 0.2) is 59.7 Å². The Bertz CT molecular complexity index is 1480. The summed E-state index contributed by atoms with van der Waals surface area (Å²) in [5, 5.41) is 15.7. The average Bonchev–Trinajstić information content (AvgIpc) is 2.89. The van der Waals surface area contributed by atoms with Gasteiger partial charge in [0.25, 0.3) is 11.5 Å². The summed E-state index contributed by atoms with van der Waals surface area (Å²) in [4.78, 5) is 38.6. The van der Waals surface area contributed by atoms with E-state index in [1.165, 1.54) is 31.4 Å². The number of piperidine rings is 1. The molecule has 3 aromatic heterocycles. The molecule has 1 aliphatic rings. The lowest BCUT2D eigenvalue weighted by Gasteiger charge is -2.31. The number of benzene rings is 1. The molecule has 0 aliphatic carbocycles. The number of H-pyrrole nitrogens is 1. The van der Waals surface area contributed by atoms with Gasteiger partial charge in [0.15, 0.2) is 0 Å². The third kappa shape index (κ3) is 4.63. The number of rotatable bonds is 5. The first-order valence-corrected chi connectivity index (χ1v) is 11.6. The second kappa shape index (κ2) is 9.74. The summed E-state index contributed by atoms with van der Waals surface area (Å²) >= 11 is 0. The van der Waals surface area contributed by atoms with Crippen LogP contribution in [0.4, 0.5) is 21.6 Å². The fourth-order valence-corrected chi connectivity index (χ4v) is 4.35. The van der Waals surface area contributed by atoms with Crippen molar-refractivity contribution in [3.05, 3.63) is 76.6 Å². The zero-order chi connectivity index (χ0) is 25.2. The van der Waals surface area contributed by atoms with Crippen LogP contribution in [0.3, 0.4) is 0 Å². The number of hydrogen-bond donors (Lipinski definition) is 4. The maximum absolute atomic E-state index is 14.8. The number of amides is 1. The lowest BCUT2D eigenvalue weighted by atomic mass is 10.0. The Morgan fingerprint density at radius 2 is 1.97 bits per heavy atom. The normalized spacial score (nSPS) is 14.1. The summed E-state index contributed by atoms with van der Waals surface area (Å²) in [6.07, 6.45) is 4.38. The number of carbonyl (C=O) groups is 1. The first-order valence-electron chi connectivity index (χ1n) is 11.6. The average molecular weight is 489 g/mol. The number of aromatic nitrogens is 3. The third-order valence-corrected chi connectivity index (χ3v) is 6.30. The third-order valence-electron chi connectivity index (χ3n) is 6.30. The number of anilines is 3. The van der Waals surface area contributed by atoms with Gasteiger partial charge >= 0.3 is 0 Å². The van der Waals surface area contributed by atoms with Gasteiger partial charge in [-0.25, -0.2) is 14.4 Å². The van der Waals surface area contributed by atoms with Crippen LogP contribution in [-0.4, -0.2) is 52.2 Å². The topological polar surface area (TPSA) is 123 Å². The van der Waals surface area contributed by atoms with Crippen molar-refractivity contribution < 1.29 is 14.3 Å². The number of nitrogens with zero attached hydrogens (tertiary/aromatic N) is 3. The Morgan fingerprint density at radius 3 is 2.69 bits per heavy atom.